The Balaban J connectivity index is 2.09. The Hall–Kier alpha value is -2.82. The molecule has 1 aliphatic heterocycles. The summed E-state index contributed by atoms with van der Waals surface area (Å²) in [6, 6.07) is 1.38. The van der Waals surface area contributed by atoms with Gasteiger partial charge in [0.1, 0.15) is 5.60 Å². The number of likely N-dealkylation sites (tertiary alicyclic amines) is 1. The molecule has 168 valence electrons. The SMILES string of the molecule is CNC(=O)c1cc(N(CCC2(N(C)C)CN(C(=O)OC(C)(C)C)C2)C(=O)OC)on1. The van der Waals surface area contributed by atoms with Crippen molar-refractivity contribution < 1.29 is 28.4 Å². The third-order valence-electron chi connectivity index (χ3n) is 4.99. The predicted octanol–water partition coefficient (Wildman–Crippen LogP) is 1.55. The van der Waals surface area contributed by atoms with E-state index in [0.717, 1.165) is 0 Å². The van der Waals surface area contributed by atoms with Gasteiger partial charge in [0, 0.05) is 32.7 Å². The molecule has 30 heavy (non-hydrogen) atoms. The standard InChI is InChI=1S/C19H31N5O6/c1-18(2,3)29-16(26)23-11-19(12-23,22(5)6)8-9-24(17(27)28-7)14-10-13(21-30-14)15(25)20-4/h10H,8-9,11-12H2,1-7H3,(H,20,25). The van der Waals surface area contributed by atoms with Crippen LogP contribution in [-0.2, 0) is 9.47 Å². The number of anilines is 1. The van der Waals surface area contributed by atoms with E-state index < -0.39 is 17.6 Å². The van der Waals surface area contributed by atoms with Crippen LogP contribution in [0.3, 0.4) is 0 Å². The third-order valence-corrected chi connectivity index (χ3v) is 4.99. The first kappa shape index (κ1) is 23.5. The average Bonchev–Trinajstić information content (AvgIpc) is 3.10. The Bertz CT molecular complexity index is 779. The van der Waals surface area contributed by atoms with Crippen LogP contribution in [0.2, 0.25) is 0 Å². The number of carbonyl (C=O) groups is 3. The number of hydrogen-bond acceptors (Lipinski definition) is 8. The predicted molar refractivity (Wildman–Crippen MR) is 108 cm³/mol. The molecule has 0 atom stereocenters. The summed E-state index contributed by atoms with van der Waals surface area (Å²) in [5.74, 6) is -0.316. The molecule has 0 saturated carbocycles. The first-order valence-electron chi connectivity index (χ1n) is 9.62. The highest BCUT2D eigenvalue weighted by Crippen LogP contribution is 2.32. The zero-order valence-electron chi connectivity index (χ0n) is 18.6. The largest absolute Gasteiger partial charge is 0.452 e. The number of methoxy groups -OCH3 is 1. The van der Waals surface area contributed by atoms with Gasteiger partial charge in [0.25, 0.3) is 5.91 Å². The van der Waals surface area contributed by atoms with Gasteiger partial charge in [-0.1, -0.05) is 5.16 Å². The molecule has 0 aliphatic carbocycles. The summed E-state index contributed by atoms with van der Waals surface area (Å²) in [4.78, 5) is 41.3. The lowest BCUT2D eigenvalue weighted by Crippen LogP contribution is -2.70. The average molecular weight is 425 g/mol. The van der Waals surface area contributed by atoms with E-state index in [-0.39, 0.29) is 29.8 Å². The summed E-state index contributed by atoms with van der Waals surface area (Å²) in [6.45, 7) is 6.64. The number of amides is 3. The lowest BCUT2D eigenvalue weighted by atomic mass is 9.85. The van der Waals surface area contributed by atoms with E-state index in [0.29, 0.717) is 19.5 Å². The lowest BCUT2D eigenvalue weighted by molar-refractivity contribution is -0.0509. The molecule has 3 amide bonds. The van der Waals surface area contributed by atoms with Gasteiger partial charge in [0.15, 0.2) is 5.69 Å². The van der Waals surface area contributed by atoms with Crippen LogP contribution in [-0.4, -0.2) is 92.1 Å². The van der Waals surface area contributed by atoms with Crippen LogP contribution >= 0.6 is 0 Å². The summed E-state index contributed by atoms with van der Waals surface area (Å²) in [7, 11) is 6.59. The van der Waals surface area contributed by atoms with E-state index in [9.17, 15) is 14.4 Å². The molecule has 11 heteroatoms. The van der Waals surface area contributed by atoms with Crippen LogP contribution in [0.15, 0.2) is 10.6 Å². The fraction of sp³-hybridized carbons (Fsp3) is 0.684. The smallest absolute Gasteiger partial charge is 0.416 e. The topological polar surface area (TPSA) is 117 Å². The maximum Gasteiger partial charge on any atom is 0.416 e. The van der Waals surface area contributed by atoms with Crippen LogP contribution < -0.4 is 10.2 Å². The molecule has 1 fully saturated rings. The van der Waals surface area contributed by atoms with Crippen molar-refractivity contribution in [1.82, 2.24) is 20.3 Å². The van der Waals surface area contributed by atoms with Gasteiger partial charge >= 0.3 is 12.2 Å². The quantitative estimate of drug-likeness (QED) is 0.729. The Morgan fingerprint density at radius 1 is 1.30 bits per heavy atom. The Morgan fingerprint density at radius 3 is 2.43 bits per heavy atom. The maximum absolute atomic E-state index is 12.3. The van der Waals surface area contributed by atoms with Crippen molar-refractivity contribution in [2.75, 3.05) is 52.8 Å². The summed E-state index contributed by atoms with van der Waals surface area (Å²) >= 11 is 0. The van der Waals surface area contributed by atoms with Gasteiger partial charge in [-0.2, -0.15) is 0 Å². The molecule has 1 N–H and O–H groups in total. The number of hydrogen-bond donors (Lipinski definition) is 1. The van der Waals surface area contributed by atoms with Gasteiger partial charge in [-0.25, -0.2) is 14.5 Å². The van der Waals surface area contributed by atoms with Crippen LogP contribution in [0.5, 0.6) is 0 Å². The van der Waals surface area contributed by atoms with Gasteiger partial charge in [-0.15, -0.1) is 0 Å². The first-order chi connectivity index (χ1) is 13.9. The van der Waals surface area contributed by atoms with Gasteiger partial charge in [0.05, 0.1) is 12.6 Å². The van der Waals surface area contributed by atoms with Gasteiger partial charge in [-0.05, 0) is 41.3 Å². The summed E-state index contributed by atoms with van der Waals surface area (Å²) in [5, 5.41) is 6.14. The van der Waals surface area contributed by atoms with Crippen LogP contribution in [0.4, 0.5) is 15.5 Å². The van der Waals surface area contributed by atoms with E-state index in [1.165, 1.54) is 25.1 Å². The van der Waals surface area contributed by atoms with Crippen molar-refractivity contribution in [2.45, 2.75) is 38.3 Å². The number of nitrogens with zero attached hydrogens (tertiary/aromatic N) is 4. The Labute approximate surface area is 176 Å². The molecule has 0 radical (unpaired) electrons. The van der Waals surface area contributed by atoms with Gasteiger partial charge < -0.3 is 29.1 Å². The van der Waals surface area contributed by atoms with E-state index in [4.69, 9.17) is 14.0 Å². The summed E-state index contributed by atoms with van der Waals surface area (Å²) < 4.78 is 15.5. The number of likely N-dealkylation sites (N-methyl/N-ethyl adjacent to an activating group) is 1. The number of rotatable bonds is 6. The molecule has 0 unspecified atom stereocenters. The van der Waals surface area contributed by atoms with Crippen LogP contribution in [0.25, 0.3) is 0 Å². The molecule has 11 nitrogen and oxygen atoms in total. The highest BCUT2D eigenvalue weighted by atomic mass is 16.6. The fourth-order valence-electron chi connectivity index (χ4n) is 3.13. The second-order valence-corrected chi connectivity index (χ2v) is 8.46. The number of nitrogens with one attached hydrogen (secondary N) is 1. The van der Waals surface area contributed by atoms with Crippen molar-refractivity contribution in [2.24, 2.45) is 0 Å². The number of carbonyl (C=O) groups excluding carboxylic acids is 3. The summed E-state index contributed by atoms with van der Waals surface area (Å²) in [5.41, 5.74) is -0.847. The second-order valence-electron chi connectivity index (χ2n) is 8.46. The monoisotopic (exact) mass is 425 g/mol. The molecule has 0 spiro atoms. The Kier molecular flexibility index (Phi) is 6.96. The van der Waals surface area contributed by atoms with Crippen LogP contribution in [0, 0.1) is 0 Å². The molecular formula is C19H31N5O6. The zero-order chi connectivity index (χ0) is 22.7. The highest BCUT2D eigenvalue weighted by Gasteiger charge is 2.48. The first-order valence-corrected chi connectivity index (χ1v) is 9.62. The molecular weight excluding hydrogens is 394 g/mol. The molecule has 1 aliphatic rings. The molecule has 2 heterocycles. The van der Waals surface area contributed by atoms with Crippen molar-refractivity contribution in [3.8, 4) is 0 Å². The molecule has 1 aromatic heterocycles. The van der Waals surface area contributed by atoms with Crippen LogP contribution in [0.1, 0.15) is 37.7 Å². The minimum absolute atomic E-state index is 0.0588. The molecule has 0 aromatic carbocycles. The Morgan fingerprint density at radius 2 is 1.93 bits per heavy atom. The number of ether oxygens (including phenoxy) is 2. The second kappa shape index (κ2) is 8.90. The van der Waals surface area contributed by atoms with E-state index in [1.807, 2.05) is 39.8 Å². The lowest BCUT2D eigenvalue weighted by Gasteiger charge is -2.54. The minimum Gasteiger partial charge on any atom is -0.452 e. The van der Waals surface area contributed by atoms with Gasteiger partial charge in [-0.3, -0.25) is 4.79 Å². The minimum atomic E-state index is -0.633. The van der Waals surface area contributed by atoms with Gasteiger partial charge in [0.2, 0.25) is 5.88 Å². The van der Waals surface area contributed by atoms with E-state index in [2.05, 4.69) is 10.5 Å². The zero-order valence-corrected chi connectivity index (χ0v) is 18.6. The molecule has 1 aromatic rings. The van der Waals surface area contributed by atoms with E-state index in [1.54, 1.807) is 4.90 Å². The molecule has 1 saturated heterocycles. The van der Waals surface area contributed by atoms with Crippen molar-refractivity contribution in [3.05, 3.63) is 11.8 Å². The fourth-order valence-corrected chi connectivity index (χ4v) is 3.13. The molecule has 0 bridgehead atoms. The van der Waals surface area contributed by atoms with Crippen molar-refractivity contribution >= 4 is 24.0 Å². The summed E-state index contributed by atoms with van der Waals surface area (Å²) in [6.07, 6.45) is -0.466. The normalized spacial score (nSPS) is 15.4. The van der Waals surface area contributed by atoms with Crippen molar-refractivity contribution in [1.29, 1.82) is 0 Å². The number of aromatic nitrogens is 1. The molecule has 2 rings (SSSR count). The maximum atomic E-state index is 12.3. The van der Waals surface area contributed by atoms with Crippen molar-refractivity contribution in [3.63, 3.8) is 0 Å². The third kappa shape index (κ3) is 5.21. The van der Waals surface area contributed by atoms with E-state index >= 15 is 0 Å². The highest BCUT2D eigenvalue weighted by molar-refractivity contribution is 5.94.